The van der Waals surface area contributed by atoms with Gasteiger partial charge in [0, 0.05) is 25.6 Å². The van der Waals surface area contributed by atoms with Crippen molar-refractivity contribution in [3.63, 3.8) is 0 Å². The highest BCUT2D eigenvalue weighted by molar-refractivity contribution is 7.91. The summed E-state index contributed by atoms with van der Waals surface area (Å²) < 4.78 is 23.0. The van der Waals surface area contributed by atoms with Gasteiger partial charge in [0.15, 0.2) is 9.84 Å². The van der Waals surface area contributed by atoms with Gasteiger partial charge in [0.25, 0.3) is 0 Å². The summed E-state index contributed by atoms with van der Waals surface area (Å²) in [6.07, 6.45) is 6.53. The van der Waals surface area contributed by atoms with Crippen molar-refractivity contribution in [1.82, 2.24) is 10.6 Å². The molecule has 0 aromatic heterocycles. The van der Waals surface area contributed by atoms with E-state index in [9.17, 15) is 13.2 Å². The maximum atomic E-state index is 11.8. The first kappa shape index (κ1) is 14.8. The lowest BCUT2D eigenvalue weighted by atomic mass is 9.89. The van der Waals surface area contributed by atoms with Crippen molar-refractivity contribution in [1.29, 1.82) is 0 Å². The minimum Gasteiger partial charge on any atom is -0.356 e. The molecule has 1 heterocycles. The van der Waals surface area contributed by atoms with E-state index in [1.807, 2.05) is 0 Å². The summed E-state index contributed by atoms with van der Waals surface area (Å²) >= 11 is 0. The van der Waals surface area contributed by atoms with Crippen LogP contribution in [0.15, 0.2) is 0 Å². The van der Waals surface area contributed by atoms with Crippen LogP contribution in [0.3, 0.4) is 0 Å². The Kier molecular flexibility index (Phi) is 5.21. The predicted molar refractivity (Wildman–Crippen MR) is 74.6 cm³/mol. The second-order valence-corrected chi connectivity index (χ2v) is 8.01. The van der Waals surface area contributed by atoms with Gasteiger partial charge in [-0.05, 0) is 18.8 Å². The molecule has 110 valence electrons. The number of hydrogen-bond donors (Lipinski definition) is 2. The SMILES string of the molecule is O=C(CC1CS(=O)(=O)CCN1)NCC1CCCCC1. The van der Waals surface area contributed by atoms with Crippen LogP contribution in [0.25, 0.3) is 0 Å². The van der Waals surface area contributed by atoms with Gasteiger partial charge >= 0.3 is 0 Å². The maximum Gasteiger partial charge on any atom is 0.221 e. The second-order valence-electron chi connectivity index (χ2n) is 5.78. The molecule has 1 amide bonds. The fourth-order valence-corrected chi connectivity index (χ4v) is 4.39. The van der Waals surface area contributed by atoms with Crippen molar-refractivity contribution < 1.29 is 13.2 Å². The molecule has 2 fully saturated rings. The quantitative estimate of drug-likeness (QED) is 0.788. The molecule has 1 saturated heterocycles. The Morgan fingerprint density at radius 2 is 1.95 bits per heavy atom. The topological polar surface area (TPSA) is 75.3 Å². The predicted octanol–water partition coefficient (Wildman–Crippen LogP) is 0.460. The number of rotatable bonds is 4. The Balaban J connectivity index is 1.69. The summed E-state index contributed by atoms with van der Waals surface area (Å²) in [5, 5.41) is 6.06. The second kappa shape index (κ2) is 6.70. The van der Waals surface area contributed by atoms with Gasteiger partial charge in [-0.2, -0.15) is 0 Å². The lowest BCUT2D eigenvalue weighted by Gasteiger charge is -2.24. The molecule has 0 aromatic rings. The molecule has 1 aliphatic heterocycles. The van der Waals surface area contributed by atoms with Crippen molar-refractivity contribution in [3.05, 3.63) is 0 Å². The number of carbonyl (C=O) groups excluding carboxylic acids is 1. The highest BCUT2D eigenvalue weighted by Crippen LogP contribution is 2.22. The molecule has 2 rings (SSSR count). The van der Waals surface area contributed by atoms with E-state index in [0.29, 0.717) is 12.5 Å². The molecular formula is C13H24N2O3S. The van der Waals surface area contributed by atoms with E-state index in [0.717, 1.165) is 6.54 Å². The van der Waals surface area contributed by atoms with Gasteiger partial charge < -0.3 is 10.6 Å². The first-order valence-electron chi connectivity index (χ1n) is 7.26. The van der Waals surface area contributed by atoms with Crippen molar-refractivity contribution in [2.75, 3.05) is 24.6 Å². The van der Waals surface area contributed by atoms with E-state index in [-0.39, 0.29) is 29.9 Å². The monoisotopic (exact) mass is 288 g/mol. The molecule has 5 nitrogen and oxygen atoms in total. The van der Waals surface area contributed by atoms with Crippen LogP contribution in [-0.4, -0.2) is 45.0 Å². The van der Waals surface area contributed by atoms with E-state index in [2.05, 4.69) is 10.6 Å². The molecule has 6 heteroatoms. The van der Waals surface area contributed by atoms with Crippen molar-refractivity contribution >= 4 is 15.7 Å². The van der Waals surface area contributed by atoms with Crippen LogP contribution in [0, 0.1) is 5.92 Å². The smallest absolute Gasteiger partial charge is 0.221 e. The van der Waals surface area contributed by atoms with Crippen molar-refractivity contribution in [2.45, 2.75) is 44.6 Å². The molecule has 1 atom stereocenters. The molecule has 0 spiro atoms. The third kappa shape index (κ3) is 5.10. The third-order valence-electron chi connectivity index (χ3n) is 4.05. The lowest BCUT2D eigenvalue weighted by molar-refractivity contribution is -0.121. The molecule has 1 aliphatic carbocycles. The van der Waals surface area contributed by atoms with Gasteiger partial charge in [-0.15, -0.1) is 0 Å². The first-order chi connectivity index (χ1) is 9.05. The molecule has 19 heavy (non-hydrogen) atoms. The first-order valence-corrected chi connectivity index (χ1v) is 9.08. The fourth-order valence-electron chi connectivity index (χ4n) is 2.94. The van der Waals surface area contributed by atoms with Crippen LogP contribution in [0.4, 0.5) is 0 Å². The zero-order valence-corrected chi connectivity index (χ0v) is 12.2. The van der Waals surface area contributed by atoms with Crippen LogP contribution in [-0.2, 0) is 14.6 Å². The van der Waals surface area contributed by atoms with Crippen LogP contribution < -0.4 is 10.6 Å². The van der Waals surface area contributed by atoms with Crippen molar-refractivity contribution in [3.8, 4) is 0 Å². The highest BCUT2D eigenvalue weighted by Gasteiger charge is 2.26. The van der Waals surface area contributed by atoms with Gasteiger partial charge in [0.2, 0.25) is 5.91 Å². The zero-order chi connectivity index (χ0) is 13.7. The highest BCUT2D eigenvalue weighted by atomic mass is 32.2. The minimum atomic E-state index is -2.96. The summed E-state index contributed by atoms with van der Waals surface area (Å²) in [4.78, 5) is 11.8. The third-order valence-corrected chi connectivity index (χ3v) is 5.78. The number of hydrogen-bond acceptors (Lipinski definition) is 4. The van der Waals surface area contributed by atoms with Gasteiger partial charge in [-0.1, -0.05) is 19.3 Å². The van der Waals surface area contributed by atoms with Crippen molar-refractivity contribution in [2.24, 2.45) is 5.92 Å². The van der Waals surface area contributed by atoms with Crippen LogP contribution >= 0.6 is 0 Å². The van der Waals surface area contributed by atoms with Crippen LogP contribution in [0.2, 0.25) is 0 Å². The summed E-state index contributed by atoms with van der Waals surface area (Å²) in [6, 6.07) is -0.217. The molecule has 2 aliphatic rings. The van der Waals surface area contributed by atoms with E-state index >= 15 is 0 Å². The summed E-state index contributed by atoms with van der Waals surface area (Å²) in [5.41, 5.74) is 0. The molecule has 2 N–H and O–H groups in total. The summed E-state index contributed by atoms with van der Waals surface area (Å²) in [7, 11) is -2.96. The van der Waals surface area contributed by atoms with E-state index in [1.165, 1.54) is 32.1 Å². The Morgan fingerprint density at radius 3 is 2.63 bits per heavy atom. The fraction of sp³-hybridized carbons (Fsp3) is 0.923. The van der Waals surface area contributed by atoms with Crippen LogP contribution in [0.1, 0.15) is 38.5 Å². The molecule has 0 radical (unpaired) electrons. The van der Waals surface area contributed by atoms with E-state index < -0.39 is 9.84 Å². The normalized spacial score (nSPS) is 27.9. The molecular weight excluding hydrogens is 264 g/mol. The number of nitrogens with one attached hydrogen (secondary N) is 2. The molecule has 0 aromatic carbocycles. The summed E-state index contributed by atoms with van der Waals surface area (Å²) in [5.74, 6) is 0.859. The lowest BCUT2D eigenvalue weighted by Crippen LogP contribution is -2.47. The van der Waals surface area contributed by atoms with E-state index in [4.69, 9.17) is 0 Å². The van der Waals surface area contributed by atoms with Gasteiger partial charge in [0.05, 0.1) is 11.5 Å². The van der Waals surface area contributed by atoms with Gasteiger partial charge in [0.1, 0.15) is 0 Å². The standard InChI is InChI=1S/C13H24N2O3S/c16-13(15-9-11-4-2-1-3-5-11)8-12-10-19(17,18)7-6-14-12/h11-12,14H,1-10H2,(H,15,16). The minimum absolute atomic E-state index is 0.0276. The maximum absolute atomic E-state index is 11.8. The van der Waals surface area contributed by atoms with Crippen LogP contribution in [0.5, 0.6) is 0 Å². The van der Waals surface area contributed by atoms with Gasteiger partial charge in [-0.25, -0.2) is 8.42 Å². The number of amides is 1. The Morgan fingerprint density at radius 1 is 1.21 bits per heavy atom. The largest absolute Gasteiger partial charge is 0.356 e. The molecule has 1 saturated carbocycles. The van der Waals surface area contributed by atoms with Gasteiger partial charge in [-0.3, -0.25) is 4.79 Å². The molecule has 0 bridgehead atoms. The summed E-state index contributed by atoms with van der Waals surface area (Å²) in [6.45, 7) is 1.21. The average Bonchev–Trinajstić information content (AvgIpc) is 2.36. The Bertz CT molecular complexity index is 402. The van der Waals surface area contributed by atoms with E-state index in [1.54, 1.807) is 0 Å². The Hall–Kier alpha value is -0.620. The average molecular weight is 288 g/mol. The number of sulfone groups is 1. The molecule has 1 unspecified atom stereocenters. The zero-order valence-electron chi connectivity index (χ0n) is 11.4. The number of carbonyl (C=O) groups is 1. The Labute approximate surface area is 115 Å².